The second-order valence-electron chi connectivity index (χ2n) is 7.02. The van der Waals surface area contributed by atoms with E-state index >= 15 is 0 Å². The number of hydrogen-bond donors (Lipinski definition) is 0. The van der Waals surface area contributed by atoms with E-state index in [0.29, 0.717) is 0 Å². The molecule has 1 aromatic heterocycles. The van der Waals surface area contributed by atoms with Gasteiger partial charge in [0.2, 0.25) is 5.95 Å². The van der Waals surface area contributed by atoms with Crippen molar-refractivity contribution in [3.05, 3.63) is 78.5 Å². The van der Waals surface area contributed by atoms with Crippen molar-refractivity contribution in [1.82, 2.24) is 9.97 Å². The van der Waals surface area contributed by atoms with Crippen molar-refractivity contribution < 1.29 is 0 Å². The largest absolute Gasteiger partial charge is 0.341 e. The minimum absolute atomic E-state index is 0.779. The van der Waals surface area contributed by atoms with Crippen LogP contribution < -0.4 is 9.80 Å². The Kier molecular flexibility index (Phi) is 5.63. The van der Waals surface area contributed by atoms with Crippen LogP contribution in [-0.4, -0.2) is 23.1 Å². The van der Waals surface area contributed by atoms with Crippen LogP contribution in [0.1, 0.15) is 31.2 Å². The minimum Gasteiger partial charge on any atom is -0.341 e. The Bertz CT molecular complexity index is 827. The van der Waals surface area contributed by atoms with Crippen LogP contribution >= 0.6 is 0 Å². The van der Waals surface area contributed by atoms with Crippen molar-refractivity contribution in [3.8, 4) is 0 Å². The maximum absolute atomic E-state index is 4.95. The first-order valence-electron chi connectivity index (χ1n) is 9.85. The minimum atomic E-state index is 0.779. The molecule has 0 spiro atoms. The van der Waals surface area contributed by atoms with E-state index in [1.165, 1.54) is 31.2 Å². The van der Waals surface area contributed by atoms with Crippen molar-refractivity contribution in [2.24, 2.45) is 0 Å². The first-order valence-corrected chi connectivity index (χ1v) is 9.85. The fourth-order valence-electron chi connectivity index (χ4n) is 3.59. The van der Waals surface area contributed by atoms with E-state index in [4.69, 9.17) is 4.98 Å². The van der Waals surface area contributed by atoms with E-state index in [9.17, 15) is 0 Å². The summed E-state index contributed by atoms with van der Waals surface area (Å²) < 4.78 is 0. The highest BCUT2D eigenvalue weighted by Crippen LogP contribution is 2.27. The lowest BCUT2D eigenvalue weighted by atomic mass is 10.2. The topological polar surface area (TPSA) is 32.3 Å². The van der Waals surface area contributed by atoms with Crippen molar-refractivity contribution in [1.29, 1.82) is 0 Å². The first kappa shape index (κ1) is 17.5. The highest BCUT2D eigenvalue weighted by molar-refractivity contribution is 5.61. The molecule has 138 valence electrons. The Labute approximate surface area is 161 Å². The fraction of sp³-hybridized carbons (Fsp3) is 0.304. The Morgan fingerprint density at radius 2 is 1.44 bits per heavy atom. The molecule has 1 aliphatic heterocycles. The van der Waals surface area contributed by atoms with Gasteiger partial charge in [0.1, 0.15) is 5.82 Å². The molecule has 0 atom stereocenters. The summed E-state index contributed by atoms with van der Waals surface area (Å²) in [6, 6.07) is 23.0. The van der Waals surface area contributed by atoms with Gasteiger partial charge >= 0.3 is 0 Å². The zero-order valence-corrected chi connectivity index (χ0v) is 15.7. The summed E-state index contributed by atoms with van der Waals surface area (Å²) in [4.78, 5) is 14.1. The van der Waals surface area contributed by atoms with Crippen LogP contribution in [0.2, 0.25) is 0 Å². The summed E-state index contributed by atoms with van der Waals surface area (Å²) in [5, 5.41) is 0. The lowest BCUT2D eigenvalue weighted by Gasteiger charge is -2.26. The third-order valence-corrected chi connectivity index (χ3v) is 5.04. The third kappa shape index (κ3) is 4.45. The molecule has 4 nitrogen and oxygen atoms in total. The molecule has 27 heavy (non-hydrogen) atoms. The van der Waals surface area contributed by atoms with Gasteiger partial charge < -0.3 is 9.80 Å². The molecule has 1 aliphatic rings. The Morgan fingerprint density at radius 1 is 0.778 bits per heavy atom. The molecule has 0 bridgehead atoms. The number of para-hydroxylation sites is 1. The standard InChI is InChI=1S/C23H26N4/c1-2-10-18-26(17-9-1)23-24-16-15-22(25-23)27(21-13-7-4-8-14-21)19-20-11-5-3-6-12-20/h3-8,11-16H,1-2,9-10,17-19H2. The highest BCUT2D eigenvalue weighted by atomic mass is 15.3. The number of hydrogen-bond acceptors (Lipinski definition) is 4. The summed E-state index contributed by atoms with van der Waals surface area (Å²) in [7, 11) is 0. The summed E-state index contributed by atoms with van der Waals surface area (Å²) in [5.74, 6) is 1.79. The summed E-state index contributed by atoms with van der Waals surface area (Å²) >= 11 is 0. The molecule has 0 N–H and O–H groups in total. The van der Waals surface area contributed by atoms with Crippen molar-refractivity contribution in [2.45, 2.75) is 32.2 Å². The van der Waals surface area contributed by atoms with Gasteiger partial charge in [-0.3, -0.25) is 0 Å². The zero-order valence-electron chi connectivity index (χ0n) is 15.7. The SMILES string of the molecule is c1ccc(CN(c2ccccc2)c2ccnc(N3CCCCCC3)n2)cc1. The predicted molar refractivity (Wildman–Crippen MR) is 111 cm³/mol. The Balaban J connectivity index is 1.66. The van der Waals surface area contributed by atoms with Gasteiger partial charge in [-0.25, -0.2) is 4.98 Å². The second kappa shape index (κ2) is 8.67. The predicted octanol–water partition coefficient (Wildman–Crippen LogP) is 5.20. The smallest absolute Gasteiger partial charge is 0.227 e. The number of anilines is 3. The molecule has 4 rings (SSSR count). The monoisotopic (exact) mass is 358 g/mol. The van der Waals surface area contributed by atoms with E-state index in [1.54, 1.807) is 0 Å². The van der Waals surface area contributed by atoms with Crippen LogP contribution in [0.25, 0.3) is 0 Å². The van der Waals surface area contributed by atoms with E-state index in [0.717, 1.165) is 37.1 Å². The van der Waals surface area contributed by atoms with Gasteiger partial charge in [-0.1, -0.05) is 61.4 Å². The second-order valence-corrected chi connectivity index (χ2v) is 7.02. The molecule has 0 saturated carbocycles. The van der Waals surface area contributed by atoms with Gasteiger partial charge in [-0.15, -0.1) is 0 Å². The van der Waals surface area contributed by atoms with Crippen LogP contribution in [0.5, 0.6) is 0 Å². The normalized spacial score (nSPS) is 14.6. The van der Waals surface area contributed by atoms with Crippen molar-refractivity contribution in [2.75, 3.05) is 22.9 Å². The molecule has 1 fully saturated rings. The molecule has 2 heterocycles. The molecule has 1 saturated heterocycles. The van der Waals surface area contributed by atoms with E-state index in [1.807, 2.05) is 18.3 Å². The van der Waals surface area contributed by atoms with Gasteiger partial charge in [-0.2, -0.15) is 4.98 Å². The van der Waals surface area contributed by atoms with Crippen LogP contribution in [0.3, 0.4) is 0 Å². The lowest BCUT2D eigenvalue weighted by molar-refractivity contribution is 0.726. The quantitative estimate of drug-likeness (QED) is 0.628. The van der Waals surface area contributed by atoms with Crippen molar-refractivity contribution >= 4 is 17.5 Å². The lowest BCUT2D eigenvalue weighted by Crippen LogP contribution is -2.27. The first-order chi connectivity index (χ1) is 13.4. The number of rotatable bonds is 5. The van der Waals surface area contributed by atoms with Gasteiger partial charge in [0.05, 0.1) is 0 Å². The van der Waals surface area contributed by atoms with Crippen molar-refractivity contribution in [3.63, 3.8) is 0 Å². The average Bonchev–Trinajstić information content (AvgIpc) is 3.03. The van der Waals surface area contributed by atoms with Gasteiger partial charge in [0.15, 0.2) is 0 Å². The maximum Gasteiger partial charge on any atom is 0.227 e. The summed E-state index contributed by atoms with van der Waals surface area (Å²) in [5.41, 5.74) is 2.40. The molecule has 0 radical (unpaired) electrons. The Morgan fingerprint density at radius 3 is 2.15 bits per heavy atom. The molecule has 3 aromatic rings. The molecule has 0 unspecified atom stereocenters. The van der Waals surface area contributed by atoms with Gasteiger partial charge in [0.25, 0.3) is 0 Å². The zero-order chi connectivity index (χ0) is 18.3. The van der Waals surface area contributed by atoms with E-state index in [2.05, 4.69) is 69.4 Å². The molecule has 0 aliphatic carbocycles. The van der Waals surface area contributed by atoms with E-state index in [-0.39, 0.29) is 0 Å². The number of benzene rings is 2. The van der Waals surface area contributed by atoms with Gasteiger partial charge in [-0.05, 0) is 36.6 Å². The number of aromatic nitrogens is 2. The van der Waals surface area contributed by atoms with Crippen LogP contribution in [0, 0.1) is 0 Å². The van der Waals surface area contributed by atoms with Crippen LogP contribution in [0.15, 0.2) is 72.9 Å². The molecular weight excluding hydrogens is 332 g/mol. The molecule has 0 amide bonds. The molecule has 4 heteroatoms. The van der Waals surface area contributed by atoms with Crippen LogP contribution in [-0.2, 0) is 6.54 Å². The average molecular weight is 358 g/mol. The third-order valence-electron chi connectivity index (χ3n) is 5.04. The molecular formula is C23H26N4. The molecule has 2 aromatic carbocycles. The Hall–Kier alpha value is -2.88. The van der Waals surface area contributed by atoms with Gasteiger partial charge in [0, 0.05) is 31.5 Å². The summed E-state index contributed by atoms with van der Waals surface area (Å²) in [6.07, 6.45) is 6.95. The van der Waals surface area contributed by atoms with E-state index < -0.39 is 0 Å². The fourth-order valence-corrected chi connectivity index (χ4v) is 3.59. The van der Waals surface area contributed by atoms with Crippen LogP contribution in [0.4, 0.5) is 17.5 Å². The summed E-state index contributed by atoms with van der Waals surface area (Å²) in [6.45, 7) is 2.88. The maximum atomic E-state index is 4.95. The highest BCUT2D eigenvalue weighted by Gasteiger charge is 2.16. The number of nitrogens with zero attached hydrogens (tertiary/aromatic N) is 4.